The molecule has 3 aromatic rings. The van der Waals surface area contributed by atoms with Crippen LogP contribution in [0.1, 0.15) is 15.9 Å². The molecule has 0 aliphatic heterocycles. The van der Waals surface area contributed by atoms with Gasteiger partial charge in [-0.3, -0.25) is 9.10 Å². The number of pyridine rings is 1. The van der Waals surface area contributed by atoms with E-state index in [0.717, 1.165) is 10.6 Å². The van der Waals surface area contributed by atoms with Gasteiger partial charge in [0.1, 0.15) is 0 Å². The normalized spacial score (nSPS) is 11.1. The maximum Gasteiger partial charge on any atom is 0.264 e. The molecule has 0 fully saturated rings. The van der Waals surface area contributed by atoms with Crippen LogP contribution >= 0.6 is 11.8 Å². The summed E-state index contributed by atoms with van der Waals surface area (Å²) in [5.74, 6) is -0.292. The van der Waals surface area contributed by atoms with Gasteiger partial charge < -0.3 is 5.32 Å². The largest absolute Gasteiger partial charge is 0.321 e. The number of thioether (sulfide) groups is 1. The lowest BCUT2D eigenvalue weighted by molar-refractivity contribution is 0.102. The zero-order valence-corrected chi connectivity index (χ0v) is 17.9. The van der Waals surface area contributed by atoms with E-state index in [1.165, 1.54) is 23.1 Å². The summed E-state index contributed by atoms with van der Waals surface area (Å²) in [6.45, 7) is 1.90. The van der Waals surface area contributed by atoms with Crippen molar-refractivity contribution in [3.63, 3.8) is 0 Å². The second kappa shape index (κ2) is 8.67. The molecule has 8 heteroatoms. The SMILES string of the molecule is CSc1ccc(NC(=O)c2ccc(N(C)S(=O)(=O)c3ccc(C)cc3)cc2)cn1. The number of aromatic nitrogens is 1. The highest BCUT2D eigenvalue weighted by molar-refractivity contribution is 7.98. The quantitative estimate of drug-likeness (QED) is 0.597. The molecule has 0 unspecified atom stereocenters. The molecule has 1 heterocycles. The lowest BCUT2D eigenvalue weighted by Gasteiger charge is -2.20. The Morgan fingerprint density at radius 1 is 1.00 bits per heavy atom. The van der Waals surface area contributed by atoms with Gasteiger partial charge in [0.25, 0.3) is 15.9 Å². The molecule has 6 nitrogen and oxygen atoms in total. The highest BCUT2D eigenvalue weighted by Crippen LogP contribution is 2.23. The standard InChI is InChI=1S/C21H21N3O3S2/c1-15-4-11-19(12-5-15)29(26,27)24(2)18-9-6-16(7-10-18)21(25)23-17-8-13-20(28-3)22-14-17/h4-14H,1-3H3,(H,23,25). The summed E-state index contributed by atoms with van der Waals surface area (Å²) < 4.78 is 26.8. The number of carbonyl (C=O) groups excluding carboxylic acids is 1. The van der Waals surface area contributed by atoms with Gasteiger partial charge in [-0.2, -0.15) is 0 Å². The second-order valence-electron chi connectivity index (χ2n) is 6.38. The van der Waals surface area contributed by atoms with Gasteiger partial charge in [-0.1, -0.05) is 17.7 Å². The Morgan fingerprint density at radius 2 is 1.66 bits per heavy atom. The van der Waals surface area contributed by atoms with Crippen LogP contribution < -0.4 is 9.62 Å². The number of nitrogens with zero attached hydrogens (tertiary/aromatic N) is 2. The van der Waals surface area contributed by atoms with Crippen LogP contribution in [0, 0.1) is 6.92 Å². The number of anilines is 2. The summed E-state index contributed by atoms with van der Waals surface area (Å²) in [4.78, 5) is 16.9. The fraction of sp³-hybridized carbons (Fsp3) is 0.143. The third-order valence-corrected chi connectivity index (χ3v) is 6.84. The van der Waals surface area contributed by atoms with Gasteiger partial charge in [-0.05, 0) is 61.7 Å². The van der Waals surface area contributed by atoms with Gasteiger partial charge in [0.2, 0.25) is 0 Å². The van der Waals surface area contributed by atoms with Crippen molar-refractivity contribution >= 4 is 39.1 Å². The molecule has 0 saturated heterocycles. The van der Waals surface area contributed by atoms with Crippen molar-refractivity contribution in [2.24, 2.45) is 0 Å². The van der Waals surface area contributed by atoms with Crippen molar-refractivity contribution < 1.29 is 13.2 Å². The van der Waals surface area contributed by atoms with Crippen LogP contribution in [0.5, 0.6) is 0 Å². The maximum absolute atomic E-state index is 12.8. The first-order chi connectivity index (χ1) is 13.8. The molecule has 29 heavy (non-hydrogen) atoms. The first-order valence-electron chi connectivity index (χ1n) is 8.78. The van der Waals surface area contributed by atoms with Gasteiger partial charge in [0.05, 0.1) is 27.5 Å². The Bertz CT molecular complexity index is 1100. The minimum Gasteiger partial charge on any atom is -0.321 e. The number of nitrogens with one attached hydrogen (secondary N) is 1. The third kappa shape index (κ3) is 4.78. The molecular formula is C21H21N3O3S2. The molecule has 0 spiro atoms. The van der Waals surface area contributed by atoms with Crippen molar-refractivity contribution in [2.45, 2.75) is 16.8 Å². The van der Waals surface area contributed by atoms with E-state index < -0.39 is 10.0 Å². The first-order valence-corrected chi connectivity index (χ1v) is 11.4. The fourth-order valence-electron chi connectivity index (χ4n) is 2.61. The summed E-state index contributed by atoms with van der Waals surface area (Å²) in [6.07, 6.45) is 3.53. The molecule has 0 radical (unpaired) electrons. The molecule has 0 aliphatic carbocycles. The summed E-state index contributed by atoms with van der Waals surface area (Å²) in [7, 11) is -2.19. The molecule has 3 rings (SSSR count). The second-order valence-corrected chi connectivity index (χ2v) is 9.17. The van der Waals surface area contributed by atoms with E-state index in [9.17, 15) is 13.2 Å². The molecule has 0 bridgehead atoms. The van der Waals surface area contributed by atoms with Gasteiger partial charge in [-0.15, -0.1) is 11.8 Å². The fourth-order valence-corrected chi connectivity index (χ4v) is 4.17. The molecule has 2 aromatic carbocycles. The van der Waals surface area contributed by atoms with E-state index in [2.05, 4.69) is 10.3 Å². The van der Waals surface area contributed by atoms with Crippen LogP contribution in [0.4, 0.5) is 11.4 Å². The lowest BCUT2D eigenvalue weighted by atomic mass is 10.2. The van der Waals surface area contributed by atoms with Crippen LogP contribution in [0.25, 0.3) is 0 Å². The number of sulfonamides is 1. The molecule has 0 atom stereocenters. The Labute approximate surface area is 175 Å². The number of hydrogen-bond acceptors (Lipinski definition) is 5. The van der Waals surface area contributed by atoms with Crippen molar-refractivity contribution in [1.82, 2.24) is 4.98 Å². The number of rotatable bonds is 6. The Kier molecular flexibility index (Phi) is 6.24. The van der Waals surface area contributed by atoms with Crippen molar-refractivity contribution in [1.29, 1.82) is 0 Å². The lowest BCUT2D eigenvalue weighted by Crippen LogP contribution is -2.26. The Morgan fingerprint density at radius 3 is 2.21 bits per heavy atom. The molecule has 1 N–H and O–H groups in total. The van der Waals surface area contributed by atoms with Crippen LogP contribution in [0.15, 0.2) is 76.8 Å². The highest BCUT2D eigenvalue weighted by Gasteiger charge is 2.21. The van der Waals surface area contributed by atoms with Gasteiger partial charge in [0.15, 0.2) is 0 Å². The van der Waals surface area contributed by atoms with E-state index in [1.54, 1.807) is 60.8 Å². The first kappa shape index (κ1) is 20.9. The highest BCUT2D eigenvalue weighted by atomic mass is 32.2. The van der Waals surface area contributed by atoms with E-state index in [0.29, 0.717) is 16.9 Å². The topological polar surface area (TPSA) is 79.4 Å². The molecule has 0 aliphatic rings. The molecule has 1 aromatic heterocycles. The van der Waals surface area contributed by atoms with Crippen molar-refractivity contribution in [3.05, 3.63) is 78.0 Å². The zero-order chi connectivity index (χ0) is 21.0. The number of benzene rings is 2. The molecule has 1 amide bonds. The maximum atomic E-state index is 12.8. The number of hydrogen-bond donors (Lipinski definition) is 1. The zero-order valence-electron chi connectivity index (χ0n) is 16.3. The summed E-state index contributed by atoms with van der Waals surface area (Å²) in [5.41, 5.74) is 2.47. The smallest absolute Gasteiger partial charge is 0.264 e. The minimum absolute atomic E-state index is 0.216. The number of amides is 1. The number of aryl methyl sites for hydroxylation is 1. The summed E-state index contributed by atoms with van der Waals surface area (Å²) >= 11 is 1.52. The van der Waals surface area contributed by atoms with Crippen LogP contribution in [0.3, 0.4) is 0 Å². The summed E-state index contributed by atoms with van der Waals surface area (Å²) in [6, 6.07) is 16.7. The van der Waals surface area contributed by atoms with Crippen molar-refractivity contribution in [3.8, 4) is 0 Å². The van der Waals surface area contributed by atoms with Gasteiger partial charge in [0, 0.05) is 12.6 Å². The average Bonchev–Trinajstić information content (AvgIpc) is 2.74. The average molecular weight is 428 g/mol. The molecular weight excluding hydrogens is 406 g/mol. The number of carbonyl (C=O) groups is 1. The monoisotopic (exact) mass is 427 g/mol. The summed E-state index contributed by atoms with van der Waals surface area (Å²) in [5, 5.41) is 3.64. The Balaban J connectivity index is 1.74. The predicted octanol–water partition coefficient (Wildman–Crippen LogP) is 4.19. The van der Waals surface area contributed by atoms with Crippen LogP contribution in [0.2, 0.25) is 0 Å². The Hall–Kier alpha value is -2.84. The predicted molar refractivity (Wildman–Crippen MR) is 117 cm³/mol. The van der Waals surface area contributed by atoms with E-state index in [4.69, 9.17) is 0 Å². The minimum atomic E-state index is -3.67. The van der Waals surface area contributed by atoms with E-state index in [1.807, 2.05) is 19.2 Å². The van der Waals surface area contributed by atoms with Gasteiger partial charge >= 0.3 is 0 Å². The van der Waals surface area contributed by atoms with E-state index >= 15 is 0 Å². The van der Waals surface area contributed by atoms with Crippen LogP contribution in [-0.4, -0.2) is 32.6 Å². The van der Waals surface area contributed by atoms with Crippen LogP contribution in [-0.2, 0) is 10.0 Å². The van der Waals surface area contributed by atoms with Crippen molar-refractivity contribution in [2.75, 3.05) is 22.9 Å². The van der Waals surface area contributed by atoms with Gasteiger partial charge in [-0.25, -0.2) is 13.4 Å². The molecule has 150 valence electrons. The van der Waals surface area contributed by atoms with E-state index in [-0.39, 0.29) is 10.8 Å². The molecule has 0 saturated carbocycles. The third-order valence-electron chi connectivity index (χ3n) is 4.38.